The summed E-state index contributed by atoms with van der Waals surface area (Å²) in [6, 6.07) is 46.5. The highest BCUT2D eigenvalue weighted by Gasteiger charge is 2.24. The molecule has 8 rings (SSSR count). The van der Waals surface area contributed by atoms with Gasteiger partial charge in [-0.2, -0.15) is 0 Å². The van der Waals surface area contributed by atoms with Gasteiger partial charge in [-0.3, -0.25) is 0 Å². The first-order valence-corrected chi connectivity index (χ1v) is 12.1. The minimum Gasteiger partial charge on any atom is -0.309 e. The second-order valence-electron chi connectivity index (χ2n) is 9.36. The van der Waals surface area contributed by atoms with E-state index < -0.39 is 0 Å². The first kappa shape index (κ1) is 18.8. The van der Waals surface area contributed by atoms with Crippen LogP contribution < -0.4 is 0 Å². The molecule has 1 nitrogen and oxygen atoms in total. The summed E-state index contributed by atoms with van der Waals surface area (Å²) in [7, 11) is 0. The molecule has 7 aromatic rings. The van der Waals surface area contributed by atoms with Crippen molar-refractivity contribution in [2.24, 2.45) is 0 Å². The number of rotatable bonds is 2. The van der Waals surface area contributed by atoms with Gasteiger partial charge in [-0.1, -0.05) is 103 Å². The smallest absolute Gasteiger partial charge is 0.0547 e. The SMILES string of the molecule is c1ccc(-c2ccc(-n3c4cccc5c4c4c(cccc43)-c3cccc4cccc-5c34)cc2)cc1. The Morgan fingerprint density at radius 3 is 1.40 bits per heavy atom. The van der Waals surface area contributed by atoms with Crippen molar-refractivity contribution in [3.05, 3.63) is 127 Å². The molecule has 35 heavy (non-hydrogen) atoms. The number of benzene rings is 6. The second-order valence-corrected chi connectivity index (χ2v) is 9.36. The zero-order valence-corrected chi connectivity index (χ0v) is 19.1. The topological polar surface area (TPSA) is 4.93 Å². The van der Waals surface area contributed by atoms with Gasteiger partial charge in [-0.15, -0.1) is 0 Å². The van der Waals surface area contributed by atoms with Crippen LogP contribution in [0.2, 0.25) is 0 Å². The van der Waals surface area contributed by atoms with Gasteiger partial charge >= 0.3 is 0 Å². The standard InChI is InChI=1S/C34H21N/c1-2-8-22(9-3-1)23-18-20-25(21-19-23)35-30-16-6-14-28-26-12-4-10-24-11-5-13-27(32(24)26)29-15-7-17-31(35)34(29)33(28)30/h1-21H. The van der Waals surface area contributed by atoms with Crippen LogP contribution in [-0.4, -0.2) is 4.57 Å². The van der Waals surface area contributed by atoms with Gasteiger partial charge in [0, 0.05) is 16.5 Å². The lowest BCUT2D eigenvalue weighted by molar-refractivity contribution is 1.18. The third kappa shape index (κ3) is 2.53. The average molecular weight is 444 g/mol. The van der Waals surface area contributed by atoms with Crippen LogP contribution >= 0.6 is 0 Å². The lowest BCUT2D eigenvalue weighted by Crippen LogP contribution is -1.94. The maximum Gasteiger partial charge on any atom is 0.0547 e. The molecule has 0 N–H and O–H groups in total. The third-order valence-corrected chi connectivity index (χ3v) is 7.53. The van der Waals surface area contributed by atoms with Gasteiger partial charge in [0.2, 0.25) is 0 Å². The summed E-state index contributed by atoms with van der Waals surface area (Å²) in [6.45, 7) is 0. The zero-order chi connectivity index (χ0) is 22.9. The normalized spacial score (nSPS) is 12.0. The van der Waals surface area contributed by atoms with Crippen molar-refractivity contribution in [1.82, 2.24) is 4.57 Å². The summed E-state index contributed by atoms with van der Waals surface area (Å²) in [5, 5.41) is 5.33. The van der Waals surface area contributed by atoms with E-state index in [0.717, 1.165) is 0 Å². The minimum absolute atomic E-state index is 1.19. The zero-order valence-electron chi connectivity index (χ0n) is 19.1. The Morgan fingerprint density at radius 1 is 0.343 bits per heavy atom. The highest BCUT2D eigenvalue weighted by Crippen LogP contribution is 2.49. The van der Waals surface area contributed by atoms with Crippen molar-refractivity contribution in [3.63, 3.8) is 0 Å². The fourth-order valence-corrected chi connectivity index (χ4v) is 6.06. The van der Waals surface area contributed by atoms with Gasteiger partial charge in [0.05, 0.1) is 11.0 Å². The van der Waals surface area contributed by atoms with E-state index in [9.17, 15) is 0 Å². The fraction of sp³-hybridized carbons (Fsp3) is 0. The maximum absolute atomic E-state index is 2.43. The van der Waals surface area contributed by atoms with Crippen LogP contribution in [0.5, 0.6) is 0 Å². The van der Waals surface area contributed by atoms with Crippen molar-refractivity contribution in [1.29, 1.82) is 0 Å². The lowest BCUT2D eigenvalue weighted by Gasteiger charge is -2.13. The third-order valence-electron chi connectivity index (χ3n) is 7.53. The Balaban J connectivity index is 1.48. The summed E-state index contributed by atoms with van der Waals surface area (Å²) in [6.07, 6.45) is 0. The number of aromatic nitrogens is 1. The second kappa shape index (κ2) is 6.94. The van der Waals surface area contributed by atoms with Gasteiger partial charge in [-0.25, -0.2) is 0 Å². The molecular formula is C34H21N. The molecular weight excluding hydrogens is 422 g/mol. The number of hydrogen-bond acceptors (Lipinski definition) is 0. The maximum atomic E-state index is 2.43. The molecule has 0 saturated carbocycles. The van der Waals surface area contributed by atoms with Crippen LogP contribution in [0.1, 0.15) is 0 Å². The van der Waals surface area contributed by atoms with Crippen LogP contribution in [0.25, 0.3) is 71.6 Å². The van der Waals surface area contributed by atoms with E-state index in [4.69, 9.17) is 0 Å². The summed E-state index contributed by atoms with van der Waals surface area (Å²) in [5.41, 5.74) is 11.4. The fourth-order valence-electron chi connectivity index (χ4n) is 6.06. The Hall–Kier alpha value is -4.62. The van der Waals surface area contributed by atoms with Crippen LogP contribution in [0, 0.1) is 0 Å². The number of nitrogens with zero attached hydrogens (tertiary/aromatic N) is 1. The molecule has 1 aromatic heterocycles. The Kier molecular flexibility index (Phi) is 3.72. The Morgan fingerprint density at radius 2 is 0.829 bits per heavy atom. The summed E-state index contributed by atoms with van der Waals surface area (Å²) in [5.74, 6) is 0. The van der Waals surface area contributed by atoms with Crippen LogP contribution in [0.3, 0.4) is 0 Å². The van der Waals surface area contributed by atoms with Gasteiger partial charge < -0.3 is 4.57 Å². The van der Waals surface area contributed by atoms with E-state index in [-0.39, 0.29) is 0 Å². The highest BCUT2D eigenvalue weighted by atomic mass is 15.0. The van der Waals surface area contributed by atoms with Crippen molar-refractivity contribution in [3.8, 4) is 39.1 Å². The van der Waals surface area contributed by atoms with Crippen LogP contribution in [-0.2, 0) is 0 Å². The molecule has 1 aliphatic carbocycles. The molecule has 0 unspecified atom stereocenters. The van der Waals surface area contributed by atoms with Gasteiger partial charge in [0.1, 0.15) is 0 Å². The van der Waals surface area contributed by atoms with Gasteiger partial charge in [-0.05, 0) is 68.4 Å². The highest BCUT2D eigenvalue weighted by molar-refractivity contribution is 6.27. The van der Waals surface area contributed by atoms with Gasteiger partial charge in [0.25, 0.3) is 0 Å². The van der Waals surface area contributed by atoms with E-state index in [1.807, 2.05) is 0 Å². The Labute approximate surface area is 203 Å². The average Bonchev–Trinajstić information content (AvgIpc) is 3.21. The van der Waals surface area contributed by atoms with Crippen LogP contribution in [0.15, 0.2) is 127 Å². The predicted octanol–water partition coefficient (Wildman–Crippen LogP) is 9.25. The lowest BCUT2D eigenvalue weighted by atomic mass is 9.93. The summed E-state index contributed by atoms with van der Waals surface area (Å²) in [4.78, 5) is 0. The summed E-state index contributed by atoms with van der Waals surface area (Å²) >= 11 is 0. The van der Waals surface area contributed by atoms with Crippen molar-refractivity contribution < 1.29 is 0 Å². The number of fused-ring (bicyclic) bond motifs is 2. The van der Waals surface area contributed by atoms with E-state index in [1.165, 1.54) is 71.6 Å². The molecule has 0 aliphatic heterocycles. The summed E-state index contributed by atoms with van der Waals surface area (Å²) < 4.78 is 2.43. The predicted molar refractivity (Wildman–Crippen MR) is 148 cm³/mol. The molecule has 0 atom stereocenters. The molecule has 162 valence electrons. The van der Waals surface area contributed by atoms with Crippen molar-refractivity contribution >= 4 is 32.6 Å². The molecule has 0 amide bonds. The molecule has 0 bridgehead atoms. The molecule has 0 fully saturated rings. The van der Waals surface area contributed by atoms with Crippen molar-refractivity contribution in [2.45, 2.75) is 0 Å². The number of hydrogen-bond donors (Lipinski definition) is 0. The Bertz CT molecular complexity index is 1830. The molecule has 6 aromatic carbocycles. The molecule has 1 heteroatoms. The van der Waals surface area contributed by atoms with E-state index in [1.54, 1.807) is 0 Å². The van der Waals surface area contributed by atoms with E-state index in [2.05, 4.69) is 132 Å². The van der Waals surface area contributed by atoms with Crippen molar-refractivity contribution in [2.75, 3.05) is 0 Å². The molecule has 1 heterocycles. The van der Waals surface area contributed by atoms with E-state index >= 15 is 0 Å². The minimum atomic E-state index is 1.19. The van der Waals surface area contributed by atoms with E-state index in [0.29, 0.717) is 0 Å². The quantitative estimate of drug-likeness (QED) is 0.251. The largest absolute Gasteiger partial charge is 0.309 e. The molecule has 0 spiro atoms. The first-order valence-electron chi connectivity index (χ1n) is 12.1. The van der Waals surface area contributed by atoms with Crippen LogP contribution in [0.4, 0.5) is 0 Å². The molecule has 1 aliphatic rings. The molecule has 0 radical (unpaired) electrons. The first-order chi connectivity index (χ1) is 17.4. The van der Waals surface area contributed by atoms with Gasteiger partial charge in [0.15, 0.2) is 0 Å². The monoisotopic (exact) mass is 443 g/mol. The molecule has 0 saturated heterocycles.